The van der Waals surface area contributed by atoms with Crippen molar-refractivity contribution < 1.29 is 14.7 Å². The van der Waals surface area contributed by atoms with Gasteiger partial charge in [0.2, 0.25) is 5.91 Å². The van der Waals surface area contributed by atoms with Gasteiger partial charge in [-0.2, -0.15) is 0 Å². The van der Waals surface area contributed by atoms with Crippen LogP contribution in [-0.4, -0.2) is 36.1 Å². The summed E-state index contributed by atoms with van der Waals surface area (Å²) in [6, 6.07) is 0.159. The van der Waals surface area contributed by atoms with Crippen LogP contribution in [0.25, 0.3) is 0 Å². The Bertz CT molecular complexity index is 307. The van der Waals surface area contributed by atoms with Gasteiger partial charge in [0.1, 0.15) is 0 Å². The molecule has 0 aromatic rings. The molecular formula is C14H26N2O3. The molecule has 0 saturated heterocycles. The first-order chi connectivity index (χ1) is 9.04. The summed E-state index contributed by atoms with van der Waals surface area (Å²) in [5.41, 5.74) is 0. The van der Waals surface area contributed by atoms with Crippen molar-refractivity contribution in [2.75, 3.05) is 13.1 Å². The summed E-state index contributed by atoms with van der Waals surface area (Å²) in [5.74, 6) is -0.923. The van der Waals surface area contributed by atoms with Crippen molar-refractivity contribution in [1.29, 1.82) is 0 Å². The summed E-state index contributed by atoms with van der Waals surface area (Å²) in [6.07, 6.45) is 4.14. The van der Waals surface area contributed by atoms with Gasteiger partial charge in [0.25, 0.3) is 0 Å². The van der Waals surface area contributed by atoms with Crippen molar-refractivity contribution in [3.05, 3.63) is 0 Å². The van der Waals surface area contributed by atoms with E-state index in [4.69, 9.17) is 5.11 Å². The Morgan fingerprint density at radius 3 is 2.63 bits per heavy atom. The lowest BCUT2D eigenvalue weighted by atomic mass is 9.79. The maximum atomic E-state index is 11.7. The minimum absolute atomic E-state index is 0.00293. The lowest BCUT2D eigenvalue weighted by Crippen LogP contribution is -2.39. The van der Waals surface area contributed by atoms with Crippen LogP contribution >= 0.6 is 0 Å². The predicted molar refractivity (Wildman–Crippen MR) is 73.8 cm³/mol. The van der Waals surface area contributed by atoms with E-state index in [0.717, 1.165) is 32.2 Å². The molecule has 1 fully saturated rings. The van der Waals surface area contributed by atoms with Crippen molar-refractivity contribution in [1.82, 2.24) is 10.6 Å². The summed E-state index contributed by atoms with van der Waals surface area (Å²) in [5, 5.41) is 15.2. The molecule has 0 aromatic heterocycles. The van der Waals surface area contributed by atoms with Crippen LogP contribution < -0.4 is 10.6 Å². The summed E-state index contributed by atoms with van der Waals surface area (Å²) >= 11 is 0. The van der Waals surface area contributed by atoms with E-state index in [-0.39, 0.29) is 23.8 Å². The number of carbonyl (C=O) groups excluding carboxylic acids is 1. The molecular weight excluding hydrogens is 244 g/mol. The molecule has 1 aliphatic carbocycles. The smallest absolute Gasteiger partial charge is 0.306 e. The van der Waals surface area contributed by atoms with E-state index in [1.807, 2.05) is 13.8 Å². The van der Waals surface area contributed by atoms with Crippen LogP contribution in [0.15, 0.2) is 0 Å². The average molecular weight is 270 g/mol. The molecule has 3 N–H and O–H groups in total. The quantitative estimate of drug-likeness (QED) is 0.653. The molecule has 5 heteroatoms. The van der Waals surface area contributed by atoms with Crippen LogP contribution in [0, 0.1) is 11.8 Å². The molecule has 1 rings (SSSR count). The molecule has 1 amide bonds. The van der Waals surface area contributed by atoms with Gasteiger partial charge >= 0.3 is 5.97 Å². The fourth-order valence-corrected chi connectivity index (χ4v) is 2.79. The van der Waals surface area contributed by atoms with Gasteiger partial charge in [-0.25, -0.2) is 0 Å². The highest BCUT2D eigenvalue weighted by molar-refractivity contribution is 5.76. The number of aliphatic carboxylic acids is 1. The Balaban J connectivity index is 2.33. The number of hydrogen-bond acceptors (Lipinski definition) is 3. The second kappa shape index (κ2) is 8.15. The molecule has 19 heavy (non-hydrogen) atoms. The molecule has 0 bridgehead atoms. The van der Waals surface area contributed by atoms with E-state index in [1.54, 1.807) is 0 Å². The van der Waals surface area contributed by atoms with Gasteiger partial charge in [0.15, 0.2) is 0 Å². The van der Waals surface area contributed by atoms with Crippen molar-refractivity contribution in [3.8, 4) is 0 Å². The first kappa shape index (κ1) is 16.0. The average Bonchev–Trinajstić information content (AvgIpc) is 2.36. The SMILES string of the molecule is CCNC(C)CC(=O)NCC1CCCCC1C(=O)O. The molecule has 0 radical (unpaired) electrons. The minimum atomic E-state index is -0.722. The summed E-state index contributed by atoms with van der Waals surface area (Å²) in [7, 11) is 0. The van der Waals surface area contributed by atoms with Gasteiger partial charge in [-0.1, -0.05) is 19.8 Å². The Morgan fingerprint density at radius 1 is 1.32 bits per heavy atom. The maximum absolute atomic E-state index is 11.7. The lowest BCUT2D eigenvalue weighted by Gasteiger charge is -2.28. The minimum Gasteiger partial charge on any atom is -0.481 e. The Kier molecular flexibility index (Phi) is 6.84. The molecule has 0 heterocycles. The van der Waals surface area contributed by atoms with Gasteiger partial charge in [0.05, 0.1) is 5.92 Å². The van der Waals surface area contributed by atoms with Crippen LogP contribution in [0.5, 0.6) is 0 Å². The van der Waals surface area contributed by atoms with Crippen LogP contribution in [0.4, 0.5) is 0 Å². The van der Waals surface area contributed by atoms with Crippen LogP contribution in [0.3, 0.4) is 0 Å². The van der Waals surface area contributed by atoms with Crippen molar-refractivity contribution in [2.24, 2.45) is 11.8 Å². The Morgan fingerprint density at radius 2 is 2.00 bits per heavy atom. The second-order valence-corrected chi connectivity index (χ2v) is 5.46. The molecule has 0 aromatic carbocycles. The van der Waals surface area contributed by atoms with Crippen LogP contribution in [0.2, 0.25) is 0 Å². The number of amides is 1. The van der Waals surface area contributed by atoms with Gasteiger partial charge in [-0.15, -0.1) is 0 Å². The Hall–Kier alpha value is -1.10. The Labute approximate surface area is 115 Å². The third-order valence-electron chi connectivity index (χ3n) is 3.83. The monoisotopic (exact) mass is 270 g/mol. The first-order valence-corrected chi connectivity index (χ1v) is 7.27. The summed E-state index contributed by atoms with van der Waals surface area (Å²) < 4.78 is 0. The zero-order valence-corrected chi connectivity index (χ0v) is 11.9. The normalized spacial score (nSPS) is 24.7. The second-order valence-electron chi connectivity index (χ2n) is 5.46. The molecule has 0 aliphatic heterocycles. The van der Waals surface area contributed by atoms with Crippen molar-refractivity contribution in [3.63, 3.8) is 0 Å². The lowest BCUT2D eigenvalue weighted by molar-refractivity contribution is -0.145. The topological polar surface area (TPSA) is 78.4 Å². The van der Waals surface area contributed by atoms with Crippen molar-refractivity contribution >= 4 is 11.9 Å². The van der Waals surface area contributed by atoms with Gasteiger partial charge in [-0.05, 0) is 32.2 Å². The molecule has 3 atom stereocenters. The maximum Gasteiger partial charge on any atom is 0.306 e. The van der Waals surface area contributed by atoms with Crippen LogP contribution in [-0.2, 0) is 9.59 Å². The standard InChI is InChI=1S/C14H26N2O3/c1-3-15-10(2)8-13(17)16-9-11-6-4-5-7-12(11)14(18)19/h10-12,15H,3-9H2,1-2H3,(H,16,17)(H,18,19). The molecule has 1 saturated carbocycles. The van der Waals surface area contributed by atoms with E-state index in [0.29, 0.717) is 13.0 Å². The molecule has 110 valence electrons. The van der Waals surface area contributed by atoms with E-state index in [9.17, 15) is 9.59 Å². The zero-order chi connectivity index (χ0) is 14.3. The summed E-state index contributed by atoms with van der Waals surface area (Å²) in [6.45, 7) is 5.32. The van der Waals surface area contributed by atoms with E-state index < -0.39 is 5.97 Å². The van der Waals surface area contributed by atoms with Gasteiger partial charge in [-0.3, -0.25) is 9.59 Å². The molecule has 3 unspecified atom stereocenters. The van der Waals surface area contributed by atoms with Crippen molar-refractivity contribution in [2.45, 2.75) is 52.0 Å². The van der Waals surface area contributed by atoms with Gasteiger partial charge in [0, 0.05) is 19.0 Å². The van der Waals surface area contributed by atoms with E-state index >= 15 is 0 Å². The molecule has 5 nitrogen and oxygen atoms in total. The third-order valence-corrected chi connectivity index (χ3v) is 3.83. The highest BCUT2D eigenvalue weighted by Gasteiger charge is 2.30. The number of carboxylic acids is 1. The number of carbonyl (C=O) groups is 2. The number of carboxylic acid groups (broad SMARTS) is 1. The number of rotatable bonds is 7. The summed E-state index contributed by atoms with van der Waals surface area (Å²) in [4.78, 5) is 22.9. The highest BCUT2D eigenvalue weighted by atomic mass is 16.4. The number of hydrogen-bond donors (Lipinski definition) is 3. The third kappa shape index (κ3) is 5.59. The van der Waals surface area contributed by atoms with Crippen LogP contribution in [0.1, 0.15) is 46.0 Å². The fourth-order valence-electron chi connectivity index (χ4n) is 2.79. The number of nitrogens with one attached hydrogen (secondary N) is 2. The first-order valence-electron chi connectivity index (χ1n) is 7.27. The largest absolute Gasteiger partial charge is 0.481 e. The highest BCUT2D eigenvalue weighted by Crippen LogP contribution is 2.29. The van der Waals surface area contributed by atoms with Gasteiger partial charge < -0.3 is 15.7 Å². The fraction of sp³-hybridized carbons (Fsp3) is 0.857. The molecule has 1 aliphatic rings. The zero-order valence-electron chi connectivity index (χ0n) is 11.9. The van der Waals surface area contributed by atoms with E-state index in [2.05, 4.69) is 10.6 Å². The predicted octanol–water partition coefficient (Wildman–Crippen LogP) is 1.38. The molecule has 0 spiro atoms. The van der Waals surface area contributed by atoms with E-state index in [1.165, 1.54) is 0 Å².